The number of unbranched alkanes of at least 4 members (excludes halogenated alkanes) is 4. The fourth-order valence-electron chi connectivity index (χ4n) is 4.68. The Morgan fingerprint density at radius 1 is 0.774 bits per heavy atom. The first-order valence-electron chi connectivity index (χ1n) is 12.6. The van der Waals surface area contributed by atoms with E-state index < -0.39 is 0 Å². The molecule has 0 aromatic heterocycles. The predicted molar refractivity (Wildman–Crippen MR) is 130 cm³/mol. The van der Waals surface area contributed by atoms with Crippen LogP contribution >= 0.6 is 0 Å². The van der Waals surface area contributed by atoms with Crippen LogP contribution in [0.15, 0.2) is 48.5 Å². The van der Waals surface area contributed by atoms with E-state index in [9.17, 15) is 4.79 Å². The molecular weight excluding hydrogens is 380 g/mol. The highest BCUT2D eigenvalue weighted by Gasteiger charge is 2.24. The number of ether oxygens (including phenoxy) is 1. The van der Waals surface area contributed by atoms with Gasteiger partial charge in [-0.05, 0) is 73.3 Å². The topological polar surface area (TPSA) is 26.3 Å². The summed E-state index contributed by atoms with van der Waals surface area (Å²) < 4.78 is 5.82. The van der Waals surface area contributed by atoms with E-state index >= 15 is 0 Å². The van der Waals surface area contributed by atoms with Gasteiger partial charge in [0.05, 0.1) is 5.56 Å². The van der Waals surface area contributed by atoms with E-state index in [0.717, 1.165) is 30.7 Å². The highest BCUT2D eigenvalue weighted by molar-refractivity contribution is 5.90. The number of carbonyl (C=O) groups excluding carboxylic acids is 1. The second-order valence-electron chi connectivity index (χ2n) is 9.28. The zero-order valence-corrected chi connectivity index (χ0v) is 19.6. The number of benzene rings is 2. The fourth-order valence-corrected chi connectivity index (χ4v) is 4.68. The molecule has 0 unspecified atom stereocenters. The maximum Gasteiger partial charge on any atom is 0.338 e. The van der Waals surface area contributed by atoms with Gasteiger partial charge in [0.15, 0.2) is 0 Å². The van der Waals surface area contributed by atoms with Crippen LogP contribution in [0.1, 0.15) is 100 Å². The van der Waals surface area contributed by atoms with Crippen molar-refractivity contribution >= 4 is 5.97 Å². The zero-order chi connectivity index (χ0) is 21.9. The van der Waals surface area contributed by atoms with Crippen molar-refractivity contribution in [1.82, 2.24) is 0 Å². The molecule has 3 rings (SSSR count). The van der Waals surface area contributed by atoms with Crippen LogP contribution in [0.4, 0.5) is 0 Å². The molecule has 0 radical (unpaired) electrons. The van der Waals surface area contributed by atoms with Crippen molar-refractivity contribution in [3.8, 4) is 11.1 Å². The lowest BCUT2D eigenvalue weighted by molar-refractivity contribution is 0.0161. The van der Waals surface area contributed by atoms with Crippen LogP contribution in [-0.4, -0.2) is 12.1 Å². The summed E-state index contributed by atoms with van der Waals surface area (Å²) in [5.74, 6) is 0.658. The SMILES string of the molecule is CCCCCc1ccc(-c2ccc(C(=O)OC3CCC(CCCCC)CC3)cc2)cc1. The smallest absolute Gasteiger partial charge is 0.338 e. The third-order valence-corrected chi connectivity index (χ3v) is 6.76. The Bertz CT molecular complexity index is 767. The van der Waals surface area contributed by atoms with E-state index in [1.54, 1.807) is 0 Å². The first-order chi connectivity index (χ1) is 15.2. The summed E-state index contributed by atoms with van der Waals surface area (Å²) in [6.45, 7) is 4.50. The first-order valence-corrected chi connectivity index (χ1v) is 12.6. The van der Waals surface area contributed by atoms with Crippen LogP contribution in [0, 0.1) is 5.92 Å². The summed E-state index contributed by atoms with van der Waals surface area (Å²) in [6, 6.07) is 16.7. The normalized spacial score (nSPS) is 18.6. The van der Waals surface area contributed by atoms with Crippen LogP contribution in [-0.2, 0) is 11.2 Å². The Labute approximate surface area is 189 Å². The monoisotopic (exact) mass is 420 g/mol. The van der Waals surface area contributed by atoms with Crippen LogP contribution in [0.2, 0.25) is 0 Å². The molecule has 2 aromatic carbocycles. The predicted octanol–water partition coefficient (Wildman–Crippen LogP) is 8.38. The van der Waals surface area contributed by atoms with Gasteiger partial charge in [-0.1, -0.05) is 88.8 Å². The van der Waals surface area contributed by atoms with Gasteiger partial charge in [-0.2, -0.15) is 0 Å². The van der Waals surface area contributed by atoms with E-state index in [4.69, 9.17) is 4.74 Å². The Hall–Kier alpha value is -2.09. The van der Waals surface area contributed by atoms with Gasteiger partial charge in [-0.3, -0.25) is 0 Å². The maximum absolute atomic E-state index is 12.6. The fraction of sp³-hybridized carbons (Fsp3) is 0.552. The van der Waals surface area contributed by atoms with Crippen molar-refractivity contribution in [2.45, 2.75) is 97.0 Å². The van der Waals surface area contributed by atoms with Gasteiger partial charge < -0.3 is 4.74 Å². The van der Waals surface area contributed by atoms with Crippen LogP contribution < -0.4 is 0 Å². The van der Waals surface area contributed by atoms with Gasteiger partial charge in [0.1, 0.15) is 6.10 Å². The van der Waals surface area contributed by atoms with Gasteiger partial charge in [-0.15, -0.1) is 0 Å². The number of esters is 1. The molecule has 168 valence electrons. The Morgan fingerprint density at radius 3 is 1.97 bits per heavy atom. The summed E-state index contributed by atoms with van der Waals surface area (Å²) in [4.78, 5) is 12.6. The lowest BCUT2D eigenvalue weighted by atomic mass is 9.84. The van der Waals surface area contributed by atoms with Gasteiger partial charge in [0.25, 0.3) is 0 Å². The van der Waals surface area contributed by atoms with E-state index in [2.05, 4.69) is 38.1 Å². The number of hydrogen-bond donors (Lipinski definition) is 0. The molecule has 0 bridgehead atoms. The molecule has 0 atom stereocenters. The summed E-state index contributed by atoms with van der Waals surface area (Å²) in [5, 5.41) is 0. The van der Waals surface area contributed by atoms with Crippen molar-refractivity contribution in [3.05, 3.63) is 59.7 Å². The van der Waals surface area contributed by atoms with E-state index in [0.29, 0.717) is 5.56 Å². The van der Waals surface area contributed by atoms with Crippen LogP contribution in [0.5, 0.6) is 0 Å². The quantitative estimate of drug-likeness (QED) is 0.269. The third-order valence-electron chi connectivity index (χ3n) is 6.76. The average molecular weight is 421 g/mol. The molecule has 1 fully saturated rings. The van der Waals surface area contributed by atoms with Crippen LogP contribution in [0.3, 0.4) is 0 Å². The van der Waals surface area contributed by atoms with Crippen LogP contribution in [0.25, 0.3) is 11.1 Å². The van der Waals surface area contributed by atoms with E-state index in [1.807, 2.05) is 24.3 Å². The Morgan fingerprint density at radius 2 is 1.35 bits per heavy atom. The molecule has 2 heteroatoms. The minimum atomic E-state index is -0.174. The summed E-state index contributed by atoms with van der Waals surface area (Å²) in [7, 11) is 0. The molecule has 0 heterocycles. The first kappa shape index (κ1) is 23.6. The minimum absolute atomic E-state index is 0.0925. The highest BCUT2D eigenvalue weighted by atomic mass is 16.5. The minimum Gasteiger partial charge on any atom is -0.459 e. The van der Waals surface area contributed by atoms with Crippen molar-refractivity contribution in [1.29, 1.82) is 0 Å². The molecule has 0 N–H and O–H groups in total. The molecule has 1 aliphatic rings. The summed E-state index contributed by atoms with van der Waals surface area (Å²) >= 11 is 0. The maximum atomic E-state index is 12.6. The number of aryl methyl sites for hydroxylation is 1. The number of rotatable bonds is 11. The molecule has 0 saturated heterocycles. The molecule has 1 saturated carbocycles. The summed E-state index contributed by atoms with van der Waals surface area (Å²) in [5.41, 5.74) is 4.40. The molecule has 2 aromatic rings. The van der Waals surface area contributed by atoms with Gasteiger partial charge in [-0.25, -0.2) is 4.79 Å². The summed E-state index contributed by atoms with van der Waals surface area (Å²) in [6.07, 6.45) is 14.8. The molecular formula is C29H40O2. The highest BCUT2D eigenvalue weighted by Crippen LogP contribution is 2.30. The average Bonchev–Trinajstić information content (AvgIpc) is 2.81. The zero-order valence-electron chi connectivity index (χ0n) is 19.6. The second-order valence-corrected chi connectivity index (χ2v) is 9.28. The molecule has 0 spiro atoms. The molecule has 31 heavy (non-hydrogen) atoms. The molecule has 1 aliphatic carbocycles. The molecule has 2 nitrogen and oxygen atoms in total. The molecule has 0 aliphatic heterocycles. The van der Waals surface area contributed by atoms with Gasteiger partial charge in [0, 0.05) is 0 Å². The van der Waals surface area contributed by atoms with E-state index in [1.165, 1.54) is 68.9 Å². The molecule has 0 amide bonds. The largest absolute Gasteiger partial charge is 0.459 e. The second kappa shape index (κ2) is 12.7. The lowest BCUT2D eigenvalue weighted by Crippen LogP contribution is -2.24. The lowest BCUT2D eigenvalue weighted by Gasteiger charge is -2.28. The van der Waals surface area contributed by atoms with Crippen molar-refractivity contribution in [2.75, 3.05) is 0 Å². The standard InChI is InChI=1S/C29H40O2/c1-3-5-7-9-23-11-15-25(16-12-23)26-17-19-27(20-18-26)29(30)31-28-21-13-24(14-22-28)10-8-6-4-2/h11-12,15-20,24,28H,3-10,13-14,21-22H2,1-2H3. The van der Waals surface area contributed by atoms with Gasteiger partial charge in [0.2, 0.25) is 0 Å². The van der Waals surface area contributed by atoms with Crippen molar-refractivity contribution in [3.63, 3.8) is 0 Å². The third kappa shape index (κ3) is 7.52. The van der Waals surface area contributed by atoms with Crippen molar-refractivity contribution in [2.24, 2.45) is 5.92 Å². The Kier molecular flexibility index (Phi) is 9.65. The number of hydrogen-bond acceptors (Lipinski definition) is 2. The number of carbonyl (C=O) groups is 1. The van der Waals surface area contributed by atoms with Gasteiger partial charge >= 0.3 is 5.97 Å². The van der Waals surface area contributed by atoms with E-state index in [-0.39, 0.29) is 12.1 Å². The van der Waals surface area contributed by atoms with Crippen molar-refractivity contribution < 1.29 is 9.53 Å². The Balaban J connectivity index is 1.47.